The summed E-state index contributed by atoms with van der Waals surface area (Å²) in [5, 5.41) is 13.1. The first kappa shape index (κ1) is 20.0. The molecule has 3 aromatic rings. The number of oxazole rings is 1. The highest BCUT2D eigenvalue weighted by Crippen LogP contribution is 2.31. The van der Waals surface area contributed by atoms with Crippen LogP contribution in [0.25, 0.3) is 11.7 Å². The number of carbonyl (C=O) groups is 1. The van der Waals surface area contributed by atoms with E-state index in [1.54, 1.807) is 12.1 Å². The minimum absolute atomic E-state index is 0.0245. The van der Waals surface area contributed by atoms with Crippen molar-refractivity contribution in [2.75, 3.05) is 18.0 Å². The summed E-state index contributed by atoms with van der Waals surface area (Å²) >= 11 is 6.05. The molecule has 1 atom stereocenters. The van der Waals surface area contributed by atoms with Gasteiger partial charge in [0.25, 0.3) is 5.89 Å². The van der Waals surface area contributed by atoms with E-state index >= 15 is 0 Å². The van der Waals surface area contributed by atoms with Crippen LogP contribution in [0.15, 0.2) is 51.5 Å². The molecule has 0 radical (unpaired) electrons. The standard InChI is InChI=1S/C22H21ClN4O3/c1-14(16-4-2-5-17(23)12-16)25-20(28)15-7-9-27(10-8-15)22-18(13-24)26-21(30-22)19-6-3-11-29-19/h2-6,11-12,14-15H,7-10H2,1H3,(H,25,28). The van der Waals surface area contributed by atoms with Gasteiger partial charge >= 0.3 is 0 Å². The molecule has 30 heavy (non-hydrogen) atoms. The van der Waals surface area contributed by atoms with E-state index < -0.39 is 0 Å². The number of nitrogens with zero attached hydrogens (tertiary/aromatic N) is 3. The lowest BCUT2D eigenvalue weighted by Gasteiger charge is -2.31. The molecule has 0 saturated carbocycles. The van der Waals surface area contributed by atoms with Crippen LogP contribution in [0, 0.1) is 17.2 Å². The predicted octanol–water partition coefficient (Wildman–Crippen LogP) is 4.55. The third-order valence-corrected chi connectivity index (χ3v) is 5.54. The molecular weight excluding hydrogens is 404 g/mol. The molecule has 8 heteroatoms. The highest BCUT2D eigenvalue weighted by molar-refractivity contribution is 6.30. The first-order valence-corrected chi connectivity index (χ1v) is 10.2. The number of hydrogen-bond acceptors (Lipinski definition) is 6. The largest absolute Gasteiger partial charge is 0.459 e. The minimum atomic E-state index is -0.121. The number of hydrogen-bond donors (Lipinski definition) is 1. The average molecular weight is 425 g/mol. The highest BCUT2D eigenvalue weighted by atomic mass is 35.5. The number of piperidine rings is 1. The van der Waals surface area contributed by atoms with E-state index in [0.717, 1.165) is 5.56 Å². The van der Waals surface area contributed by atoms with Gasteiger partial charge < -0.3 is 19.1 Å². The number of amides is 1. The molecule has 4 rings (SSSR count). The van der Waals surface area contributed by atoms with Gasteiger partial charge in [-0.15, -0.1) is 0 Å². The Morgan fingerprint density at radius 3 is 2.80 bits per heavy atom. The van der Waals surface area contributed by atoms with Crippen molar-refractivity contribution in [2.24, 2.45) is 5.92 Å². The van der Waals surface area contributed by atoms with E-state index in [9.17, 15) is 10.1 Å². The lowest BCUT2D eigenvalue weighted by molar-refractivity contribution is -0.126. The maximum Gasteiger partial charge on any atom is 0.266 e. The summed E-state index contributed by atoms with van der Waals surface area (Å²) < 4.78 is 11.1. The SMILES string of the molecule is CC(NC(=O)C1CCN(c2oc(-c3ccco3)nc2C#N)CC1)c1cccc(Cl)c1. The zero-order valence-corrected chi connectivity index (χ0v) is 17.2. The number of nitrogens with one attached hydrogen (secondary N) is 1. The van der Waals surface area contributed by atoms with Crippen molar-refractivity contribution in [3.05, 3.63) is 58.9 Å². The van der Waals surface area contributed by atoms with Crippen molar-refractivity contribution < 1.29 is 13.6 Å². The Balaban J connectivity index is 1.38. The minimum Gasteiger partial charge on any atom is -0.459 e. The second kappa shape index (κ2) is 8.64. The number of aromatic nitrogens is 1. The average Bonchev–Trinajstić information content (AvgIpc) is 3.43. The fourth-order valence-corrected chi connectivity index (χ4v) is 3.84. The number of benzene rings is 1. The summed E-state index contributed by atoms with van der Waals surface area (Å²) in [6, 6.07) is 12.9. The number of anilines is 1. The van der Waals surface area contributed by atoms with Crippen LogP contribution in [0.1, 0.15) is 37.1 Å². The Labute approximate surface area is 179 Å². The van der Waals surface area contributed by atoms with Crippen LogP contribution in [0.5, 0.6) is 0 Å². The molecule has 1 amide bonds. The van der Waals surface area contributed by atoms with E-state index in [-0.39, 0.29) is 29.5 Å². The maximum absolute atomic E-state index is 12.7. The number of nitriles is 1. The molecule has 3 heterocycles. The number of carbonyl (C=O) groups excluding carboxylic acids is 1. The van der Waals surface area contributed by atoms with Crippen LogP contribution < -0.4 is 10.2 Å². The third kappa shape index (κ3) is 4.19. The molecule has 0 spiro atoms. The third-order valence-electron chi connectivity index (χ3n) is 5.31. The molecule has 1 aromatic carbocycles. The van der Waals surface area contributed by atoms with Gasteiger partial charge in [0.2, 0.25) is 17.5 Å². The van der Waals surface area contributed by atoms with Crippen molar-refractivity contribution >= 4 is 23.4 Å². The summed E-state index contributed by atoms with van der Waals surface area (Å²) in [5.41, 5.74) is 1.19. The zero-order valence-electron chi connectivity index (χ0n) is 16.5. The molecular formula is C22H21ClN4O3. The van der Waals surface area contributed by atoms with Crippen LogP contribution in [0.3, 0.4) is 0 Å². The van der Waals surface area contributed by atoms with Gasteiger partial charge in [-0.2, -0.15) is 10.2 Å². The lowest BCUT2D eigenvalue weighted by atomic mass is 9.95. The summed E-state index contributed by atoms with van der Waals surface area (Å²) in [6.07, 6.45) is 2.85. The van der Waals surface area contributed by atoms with Crippen molar-refractivity contribution in [3.63, 3.8) is 0 Å². The predicted molar refractivity (Wildman–Crippen MR) is 112 cm³/mol. The first-order chi connectivity index (χ1) is 14.5. The van der Waals surface area contributed by atoms with Crippen LogP contribution in [0.2, 0.25) is 5.02 Å². The zero-order chi connectivity index (χ0) is 21.1. The molecule has 2 aromatic heterocycles. The van der Waals surface area contributed by atoms with E-state index in [1.807, 2.05) is 36.1 Å². The van der Waals surface area contributed by atoms with Crippen LogP contribution in [0.4, 0.5) is 5.88 Å². The van der Waals surface area contributed by atoms with E-state index in [2.05, 4.69) is 16.4 Å². The molecule has 154 valence electrons. The van der Waals surface area contributed by atoms with Gasteiger partial charge in [0, 0.05) is 24.0 Å². The Kier molecular flexibility index (Phi) is 5.77. The molecule has 0 bridgehead atoms. The van der Waals surface area contributed by atoms with Crippen molar-refractivity contribution in [1.82, 2.24) is 10.3 Å². The summed E-state index contributed by atoms with van der Waals surface area (Å²) in [7, 11) is 0. The van der Waals surface area contributed by atoms with Gasteiger partial charge in [-0.1, -0.05) is 23.7 Å². The number of halogens is 1. The second-order valence-corrected chi connectivity index (χ2v) is 7.74. The van der Waals surface area contributed by atoms with E-state index in [0.29, 0.717) is 42.6 Å². The van der Waals surface area contributed by atoms with E-state index in [4.69, 9.17) is 20.4 Å². The number of rotatable bonds is 5. The molecule has 1 aliphatic rings. The fraction of sp³-hybridized carbons (Fsp3) is 0.318. The number of furan rings is 1. The Hall–Kier alpha value is -3.24. The normalized spacial score (nSPS) is 15.6. The second-order valence-electron chi connectivity index (χ2n) is 7.31. The topological polar surface area (TPSA) is 95.3 Å². The molecule has 0 aliphatic carbocycles. The molecule has 1 unspecified atom stereocenters. The quantitative estimate of drug-likeness (QED) is 0.645. The smallest absolute Gasteiger partial charge is 0.266 e. The van der Waals surface area contributed by atoms with Gasteiger partial charge in [-0.05, 0) is 49.6 Å². The van der Waals surface area contributed by atoms with Crippen LogP contribution >= 0.6 is 11.6 Å². The maximum atomic E-state index is 12.7. The van der Waals surface area contributed by atoms with Crippen molar-refractivity contribution in [3.8, 4) is 17.7 Å². The highest BCUT2D eigenvalue weighted by Gasteiger charge is 2.29. The summed E-state index contributed by atoms with van der Waals surface area (Å²) in [6.45, 7) is 3.15. The Bertz CT molecular complexity index is 1060. The lowest BCUT2D eigenvalue weighted by Crippen LogP contribution is -2.41. The van der Waals surface area contributed by atoms with Crippen molar-refractivity contribution in [2.45, 2.75) is 25.8 Å². The molecule has 1 N–H and O–H groups in total. The molecule has 1 fully saturated rings. The Morgan fingerprint density at radius 2 is 2.13 bits per heavy atom. The fourth-order valence-electron chi connectivity index (χ4n) is 3.64. The molecule has 1 saturated heterocycles. The van der Waals surface area contributed by atoms with Gasteiger partial charge in [-0.25, -0.2) is 0 Å². The van der Waals surface area contributed by atoms with E-state index in [1.165, 1.54) is 6.26 Å². The summed E-state index contributed by atoms with van der Waals surface area (Å²) in [4.78, 5) is 18.9. The molecule has 7 nitrogen and oxygen atoms in total. The van der Waals surface area contributed by atoms with Gasteiger partial charge in [0.1, 0.15) is 6.07 Å². The van der Waals surface area contributed by atoms with Gasteiger partial charge in [-0.3, -0.25) is 4.79 Å². The van der Waals surface area contributed by atoms with Gasteiger partial charge in [0.05, 0.1) is 12.3 Å². The summed E-state index contributed by atoms with van der Waals surface area (Å²) in [5.74, 6) is 1.11. The van der Waals surface area contributed by atoms with Crippen LogP contribution in [-0.2, 0) is 4.79 Å². The Morgan fingerprint density at radius 1 is 1.33 bits per heavy atom. The van der Waals surface area contributed by atoms with Gasteiger partial charge in [0.15, 0.2) is 5.76 Å². The molecule has 1 aliphatic heterocycles. The monoisotopic (exact) mass is 424 g/mol. The first-order valence-electron chi connectivity index (χ1n) is 9.80. The van der Waals surface area contributed by atoms with Crippen LogP contribution in [-0.4, -0.2) is 24.0 Å². The van der Waals surface area contributed by atoms with Crippen molar-refractivity contribution in [1.29, 1.82) is 5.26 Å².